The lowest BCUT2D eigenvalue weighted by Gasteiger charge is -2.34. The van der Waals surface area contributed by atoms with Crippen molar-refractivity contribution in [2.45, 2.75) is 23.8 Å². The Hall–Kier alpha value is -2.87. The second-order valence-electron chi connectivity index (χ2n) is 8.13. The number of halogens is 1. The van der Waals surface area contributed by atoms with Crippen LogP contribution in [0.5, 0.6) is 0 Å². The molecular formula is C25H25ClN2O4S. The standard InChI is InChI=1S/C25H25ClN2O4S/c26-21-9-11-22(12-10-21)27-33(31,32)23-8-4-7-20(17-23)25(30)28-15-13-19(14-16-28)24(29)18-5-2-1-3-6-18/h1-12,17,19,24,27,29H,13-16H2. The van der Waals surface area contributed by atoms with Crippen LogP contribution in [0.3, 0.4) is 0 Å². The van der Waals surface area contributed by atoms with E-state index in [-0.39, 0.29) is 16.7 Å². The average Bonchev–Trinajstić information content (AvgIpc) is 2.85. The fourth-order valence-corrected chi connectivity index (χ4v) is 5.28. The van der Waals surface area contributed by atoms with Gasteiger partial charge >= 0.3 is 0 Å². The van der Waals surface area contributed by atoms with Crippen LogP contribution in [0.1, 0.15) is 34.9 Å². The summed E-state index contributed by atoms with van der Waals surface area (Å²) in [4.78, 5) is 14.8. The summed E-state index contributed by atoms with van der Waals surface area (Å²) in [5.41, 5.74) is 1.58. The number of amides is 1. The predicted molar refractivity (Wildman–Crippen MR) is 129 cm³/mol. The van der Waals surface area contributed by atoms with E-state index in [1.54, 1.807) is 41.3 Å². The molecule has 33 heavy (non-hydrogen) atoms. The van der Waals surface area contributed by atoms with Gasteiger partial charge in [-0.15, -0.1) is 0 Å². The Bertz CT molecular complexity index is 1210. The fourth-order valence-electron chi connectivity index (χ4n) is 4.05. The van der Waals surface area contributed by atoms with E-state index in [1.165, 1.54) is 12.1 Å². The molecule has 0 bridgehead atoms. The zero-order valence-corrected chi connectivity index (χ0v) is 19.5. The van der Waals surface area contributed by atoms with Gasteiger partial charge in [-0.05, 0) is 66.8 Å². The number of hydrogen-bond acceptors (Lipinski definition) is 4. The maximum atomic E-state index is 13.1. The van der Waals surface area contributed by atoms with Crippen LogP contribution in [0.4, 0.5) is 5.69 Å². The van der Waals surface area contributed by atoms with E-state index in [1.807, 2.05) is 30.3 Å². The molecule has 0 aliphatic carbocycles. The molecule has 1 heterocycles. The monoisotopic (exact) mass is 484 g/mol. The molecule has 0 radical (unpaired) electrons. The molecule has 1 amide bonds. The number of anilines is 1. The summed E-state index contributed by atoms with van der Waals surface area (Å²) in [5.74, 6) is -0.141. The lowest BCUT2D eigenvalue weighted by atomic mass is 9.87. The molecule has 4 rings (SSSR count). The number of aliphatic hydroxyl groups is 1. The molecule has 6 nitrogen and oxygen atoms in total. The van der Waals surface area contributed by atoms with E-state index in [2.05, 4.69) is 4.72 Å². The molecule has 0 saturated carbocycles. The topological polar surface area (TPSA) is 86.7 Å². The molecule has 1 aliphatic rings. The third-order valence-electron chi connectivity index (χ3n) is 5.90. The van der Waals surface area contributed by atoms with E-state index in [9.17, 15) is 18.3 Å². The Kier molecular flexibility index (Phi) is 7.02. The van der Waals surface area contributed by atoms with Gasteiger partial charge in [-0.2, -0.15) is 0 Å². The summed E-state index contributed by atoms with van der Waals surface area (Å²) >= 11 is 5.85. The number of benzene rings is 3. The van der Waals surface area contributed by atoms with E-state index in [0.717, 1.165) is 5.56 Å². The van der Waals surface area contributed by atoms with Crippen molar-refractivity contribution < 1.29 is 18.3 Å². The third-order valence-corrected chi connectivity index (χ3v) is 7.53. The van der Waals surface area contributed by atoms with Gasteiger partial charge < -0.3 is 10.0 Å². The first-order chi connectivity index (χ1) is 15.8. The van der Waals surface area contributed by atoms with Crippen LogP contribution in [0.2, 0.25) is 5.02 Å². The zero-order chi connectivity index (χ0) is 23.4. The van der Waals surface area contributed by atoms with Gasteiger partial charge in [0.25, 0.3) is 15.9 Å². The number of nitrogens with one attached hydrogen (secondary N) is 1. The maximum Gasteiger partial charge on any atom is 0.261 e. The molecule has 8 heteroatoms. The highest BCUT2D eigenvalue weighted by Crippen LogP contribution is 2.31. The normalized spacial score (nSPS) is 15.8. The summed E-state index contributed by atoms with van der Waals surface area (Å²) in [6.07, 6.45) is 0.798. The number of carbonyl (C=O) groups is 1. The summed E-state index contributed by atoms with van der Waals surface area (Å²) < 4.78 is 28.1. The van der Waals surface area contributed by atoms with Gasteiger partial charge in [0.05, 0.1) is 11.0 Å². The Morgan fingerprint density at radius 3 is 2.30 bits per heavy atom. The third kappa shape index (κ3) is 5.55. The lowest BCUT2D eigenvalue weighted by molar-refractivity contribution is 0.0462. The Morgan fingerprint density at radius 2 is 1.64 bits per heavy atom. The summed E-state index contributed by atoms with van der Waals surface area (Å²) in [6.45, 7) is 1.01. The Balaban J connectivity index is 1.42. The van der Waals surface area contributed by atoms with Crippen LogP contribution in [0, 0.1) is 5.92 Å². The van der Waals surface area contributed by atoms with Crippen molar-refractivity contribution >= 4 is 33.2 Å². The summed E-state index contributed by atoms with van der Waals surface area (Å²) in [5, 5.41) is 11.2. The number of piperidine rings is 1. The second kappa shape index (κ2) is 9.95. The molecule has 3 aromatic carbocycles. The molecule has 1 fully saturated rings. The van der Waals surface area contributed by atoms with E-state index < -0.39 is 16.1 Å². The van der Waals surface area contributed by atoms with Crippen LogP contribution in [-0.4, -0.2) is 37.4 Å². The highest BCUT2D eigenvalue weighted by Gasteiger charge is 2.29. The summed E-state index contributed by atoms with van der Waals surface area (Å²) in [7, 11) is -3.86. The van der Waals surface area contributed by atoms with Crippen molar-refractivity contribution in [2.24, 2.45) is 5.92 Å². The molecule has 1 aliphatic heterocycles. The minimum absolute atomic E-state index is 0.0117. The Labute approximate surface area is 198 Å². The van der Waals surface area contributed by atoms with Crippen molar-refractivity contribution in [2.75, 3.05) is 17.8 Å². The van der Waals surface area contributed by atoms with Crippen LogP contribution in [0.25, 0.3) is 0 Å². The van der Waals surface area contributed by atoms with Crippen molar-refractivity contribution in [3.05, 3.63) is 95.0 Å². The van der Waals surface area contributed by atoms with Gasteiger partial charge in [0.15, 0.2) is 0 Å². The first-order valence-electron chi connectivity index (χ1n) is 10.7. The number of likely N-dealkylation sites (tertiary alicyclic amines) is 1. The number of carbonyl (C=O) groups excluding carboxylic acids is 1. The highest BCUT2D eigenvalue weighted by atomic mass is 35.5. The second-order valence-corrected chi connectivity index (χ2v) is 10.2. The number of nitrogens with zero attached hydrogens (tertiary/aromatic N) is 1. The van der Waals surface area contributed by atoms with Crippen LogP contribution in [-0.2, 0) is 10.0 Å². The summed E-state index contributed by atoms with van der Waals surface area (Å²) in [6, 6.07) is 21.9. The van der Waals surface area contributed by atoms with Gasteiger partial charge in [-0.25, -0.2) is 8.42 Å². The quantitative estimate of drug-likeness (QED) is 0.529. The zero-order valence-electron chi connectivity index (χ0n) is 17.9. The van der Waals surface area contributed by atoms with Gasteiger partial charge in [0, 0.05) is 29.4 Å². The van der Waals surface area contributed by atoms with Crippen molar-refractivity contribution in [3.8, 4) is 0 Å². The molecule has 1 saturated heterocycles. The number of aliphatic hydroxyl groups excluding tert-OH is 1. The molecule has 1 atom stereocenters. The van der Waals surface area contributed by atoms with Gasteiger partial charge in [0.1, 0.15) is 0 Å². The minimum Gasteiger partial charge on any atom is -0.388 e. The molecule has 0 aromatic heterocycles. The molecular weight excluding hydrogens is 460 g/mol. The molecule has 172 valence electrons. The highest BCUT2D eigenvalue weighted by molar-refractivity contribution is 7.92. The molecule has 2 N–H and O–H groups in total. The van der Waals surface area contributed by atoms with E-state index in [0.29, 0.717) is 42.2 Å². The largest absolute Gasteiger partial charge is 0.388 e. The molecule has 1 unspecified atom stereocenters. The van der Waals surface area contributed by atoms with Gasteiger partial charge in [-0.1, -0.05) is 48.0 Å². The molecule has 0 spiro atoms. The number of hydrogen-bond donors (Lipinski definition) is 2. The van der Waals surface area contributed by atoms with E-state index in [4.69, 9.17) is 11.6 Å². The first kappa shape index (κ1) is 23.3. The van der Waals surface area contributed by atoms with Crippen LogP contribution in [0.15, 0.2) is 83.8 Å². The van der Waals surface area contributed by atoms with Crippen LogP contribution < -0.4 is 4.72 Å². The average molecular weight is 485 g/mol. The fraction of sp³-hybridized carbons (Fsp3) is 0.240. The van der Waals surface area contributed by atoms with Crippen molar-refractivity contribution in [3.63, 3.8) is 0 Å². The minimum atomic E-state index is -3.86. The Morgan fingerprint density at radius 1 is 0.970 bits per heavy atom. The predicted octanol–water partition coefficient (Wildman–Crippen LogP) is 4.73. The van der Waals surface area contributed by atoms with Crippen molar-refractivity contribution in [1.82, 2.24) is 4.90 Å². The SMILES string of the molecule is O=C(c1cccc(S(=O)(=O)Nc2ccc(Cl)cc2)c1)N1CCC(C(O)c2ccccc2)CC1. The van der Waals surface area contributed by atoms with Crippen LogP contribution >= 0.6 is 11.6 Å². The number of rotatable bonds is 6. The van der Waals surface area contributed by atoms with Gasteiger partial charge in [-0.3, -0.25) is 9.52 Å². The first-order valence-corrected chi connectivity index (χ1v) is 12.6. The number of sulfonamides is 1. The smallest absolute Gasteiger partial charge is 0.261 e. The van der Waals surface area contributed by atoms with Gasteiger partial charge in [0.2, 0.25) is 0 Å². The molecule has 3 aromatic rings. The van der Waals surface area contributed by atoms with E-state index >= 15 is 0 Å². The van der Waals surface area contributed by atoms with Crippen molar-refractivity contribution in [1.29, 1.82) is 0 Å². The lowest BCUT2D eigenvalue weighted by Crippen LogP contribution is -2.39. The maximum absolute atomic E-state index is 13.1.